The van der Waals surface area contributed by atoms with Crippen molar-refractivity contribution in [2.24, 2.45) is 5.92 Å². The smallest absolute Gasteiger partial charge is 0.289 e. The molecule has 196 valence electrons. The fourth-order valence-electron chi connectivity index (χ4n) is 3.22. The van der Waals surface area contributed by atoms with Gasteiger partial charge < -0.3 is 21.3 Å². The van der Waals surface area contributed by atoms with Gasteiger partial charge in [-0.1, -0.05) is 50.8 Å². The average molecular weight is 509 g/mol. The van der Waals surface area contributed by atoms with Crippen molar-refractivity contribution in [2.45, 2.75) is 52.4 Å². The largest absolute Gasteiger partial charge is 0.345 e. The van der Waals surface area contributed by atoms with Gasteiger partial charge in [0.15, 0.2) is 0 Å². The molecule has 0 saturated carbocycles. The zero-order valence-corrected chi connectivity index (χ0v) is 21.3. The SMILES string of the molecule is C=C(C)[C@H](NC(=O)c1cnccn1)C(=O)N[C@@H](C)C(=O)N[C@H](C(=O)C(=O)NCc1ccccc1)C(C)C. The molecule has 0 aliphatic heterocycles. The van der Waals surface area contributed by atoms with Crippen LogP contribution in [0.15, 0.2) is 61.1 Å². The molecule has 11 heteroatoms. The van der Waals surface area contributed by atoms with Crippen LogP contribution in [-0.2, 0) is 25.7 Å². The summed E-state index contributed by atoms with van der Waals surface area (Å²) in [6.07, 6.45) is 3.99. The van der Waals surface area contributed by atoms with E-state index >= 15 is 0 Å². The minimum absolute atomic E-state index is 0.0103. The summed E-state index contributed by atoms with van der Waals surface area (Å²) in [6, 6.07) is 5.77. The van der Waals surface area contributed by atoms with E-state index in [0.29, 0.717) is 5.57 Å². The molecular formula is C26H32N6O5. The molecule has 0 unspecified atom stereocenters. The summed E-state index contributed by atoms with van der Waals surface area (Å²) in [6.45, 7) is 10.2. The number of nitrogens with one attached hydrogen (secondary N) is 4. The van der Waals surface area contributed by atoms with E-state index in [-0.39, 0.29) is 12.2 Å². The van der Waals surface area contributed by atoms with E-state index in [2.05, 4.69) is 37.8 Å². The number of benzene rings is 1. The van der Waals surface area contributed by atoms with Gasteiger partial charge >= 0.3 is 0 Å². The van der Waals surface area contributed by atoms with Crippen LogP contribution in [0.4, 0.5) is 0 Å². The maximum Gasteiger partial charge on any atom is 0.289 e. The van der Waals surface area contributed by atoms with Gasteiger partial charge in [-0.15, -0.1) is 0 Å². The molecule has 11 nitrogen and oxygen atoms in total. The third-order valence-corrected chi connectivity index (χ3v) is 5.34. The maximum absolute atomic E-state index is 12.8. The average Bonchev–Trinajstić information content (AvgIpc) is 2.88. The van der Waals surface area contributed by atoms with E-state index in [1.807, 2.05) is 30.3 Å². The summed E-state index contributed by atoms with van der Waals surface area (Å²) < 4.78 is 0. The quantitative estimate of drug-likeness (QED) is 0.242. The molecule has 0 spiro atoms. The second kappa shape index (κ2) is 13.6. The molecule has 0 aliphatic rings. The lowest BCUT2D eigenvalue weighted by Crippen LogP contribution is -2.57. The van der Waals surface area contributed by atoms with Crippen molar-refractivity contribution >= 4 is 29.4 Å². The third-order valence-electron chi connectivity index (χ3n) is 5.34. The lowest BCUT2D eigenvalue weighted by Gasteiger charge is -2.24. The molecule has 0 fully saturated rings. The van der Waals surface area contributed by atoms with E-state index in [1.54, 1.807) is 20.8 Å². The monoisotopic (exact) mass is 508 g/mol. The predicted molar refractivity (Wildman–Crippen MR) is 136 cm³/mol. The van der Waals surface area contributed by atoms with Gasteiger partial charge in [0.2, 0.25) is 17.6 Å². The Morgan fingerprint density at radius 2 is 1.59 bits per heavy atom. The van der Waals surface area contributed by atoms with E-state index in [4.69, 9.17) is 0 Å². The lowest BCUT2D eigenvalue weighted by atomic mass is 9.98. The second-order valence-corrected chi connectivity index (χ2v) is 8.84. The van der Waals surface area contributed by atoms with Crippen LogP contribution in [-0.4, -0.2) is 57.5 Å². The number of aromatic nitrogens is 2. The molecule has 0 aliphatic carbocycles. The van der Waals surface area contributed by atoms with Crippen LogP contribution in [0.3, 0.4) is 0 Å². The highest BCUT2D eigenvalue weighted by molar-refractivity contribution is 6.38. The Morgan fingerprint density at radius 1 is 0.919 bits per heavy atom. The van der Waals surface area contributed by atoms with Crippen LogP contribution in [0.25, 0.3) is 0 Å². The van der Waals surface area contributed by atoms with Gasteiger partial charge in [-0.2, -0.15) is 0 Å². The first-order valence-electron chi connectivity index (χ1n) is 11.7. The number of ketones is 1. The van der Waals surface area contributed by atoms with Crippen molar-refractivity contribution in [3.8, 4) is 0 Å². The van der Waals surface area contributed by atoms with Gasteiger partial charge in [0.1, 0.15) is 17.8 Å². The van der Waals surface area contributed by atoms with Gasteiger partial charge in [0.25, 0.3) is 11.8 Å². The molecule has 2 rings (SSSR count). The Labute approximate surface area is 215 Å². The van der Waals surface area contributed by atoms with Crippen LogP contribution in [0, 0.1) is 5.92 Å². The number of nitrogens with zero attached hydrogens (tertiary/aromatic N) is 2. The van der Waals surface area contributed by atoms with E-state index in [9.17, 15) is 24.0 Å². The third kappa shape index (κ3) is 8.64. The molecule has 37 heavy (non-hydrogen) atoms. The highest BCUT2D eigenvalue weighted by atomic mass is 16.2. The van der Waals surface area contributed by atoms with Gasteiger partial charge in [-0.3, -0.25) is 29.0 Å². The minimum Gasteiger partial charge on any atom is -0.345 e. The van der Waals surface area contributed by atoms with Crippen molar-refractivity contribution in [3.05, 3.63) is 72.3 Å². The van der Waals surface area contributed by atoms with Crippen molar-refractivity contribution in [1.29, 1.82) is 0 Å². The van der Waals surface area contributed by atoms with Crippen LogP contribution >= 0.6 is 0 Å². The van der Waals surface area contributed by atoms with Crippen LogP contribution < -0.4 is 21.3 Å². The second-order valence-electron chi connectivity index (χ2n) is 8.84. The first kappa shape index (κ1) is 28.8. The fraction of sp³-hybridized carbons (Fsp3) is 0.346. The first-order valence-corrected chi connectivity index (χ1v) is 11.7. The summed E-state index contributed by atoms with van der Waals surface area (Å²) in [5.74, 6) is -4.00. The number of hydrogen-bond acceptors (Lipinski definition) is 7. The normalized spacial score (nSPS) is 13.0. The first-order chi connectivity index (χ1) is 17.5. The van der Waals surface area contributed by atoms with Gasteiger partial charge in [-0.05, 0) is 30.9 Å². The summed E-state index contributed by atoms with van der Waals surface area (Å²) >= 11 is 0. The van der Waals surface area contributed by atoms with Gasteiger partial charge in [-0.25, -0.2) is 4.98 Å². The fourth-order valence-corrected chi connectivity index (χ4v) is 3.22. The zero-order chi connectivity index (χ0) is 27.5. The highest BCUT2D eigenvalue weighted by Gasteiger charge is 2.32. The Bertz CT molecular complexity index is 1140. The Hall–Kier alpha value is -4.41. The Balaban J connectivity index is 1.98. The molecule has 2 aromatic rings. The van der Waals surface area contributed by atoms with Crippen LogP contribution in [0.2, 0.25) is 0 Å². The highest BCUT2D eigenvalue weighted by Crippen LogP contribution is 2.06. The molecule has 1 aromatic carbocycles. The molecular weight excluding hydrogens is 476 g/mol. The Morgan fingerprint density at radius 3 is 2.16 bits per heavy atom. The molecule has 3 atom stereocenters. The van der Waals surface area contributed by atoms with Gasteiger partial charge in [0.05, 0.1) is 12.2 Å². The van der Waals surface area contributed by atoms with E-state index < -0.39 is 53.5 Å². The number of carbonyl (C=O) groups is 5. The number of hydrogen-bond donors (Lipinski definition) is 4. The standard InChI is InChI=1S/C26H32N6O5/c1-15(2)20(22(33)26(37)29-13-18-9-7-6-8-10-18)31-23(34)17(5)30-25(36)21(16(3)4)32-24(35)19-14-27-11-12-28-19/h6-12,14-15,17,20-21H,3,13H2,1-2,4-5H3,(H,29,37)(H,30,36)(H,31,34)(H,32,35)/t17-,20-,21-/m0/s1. The molecule has 4 amide bonds. The zero-order valence-electron chi connectivity index (χ0n) is 21.3. The topological polar surface area (TPSA) is 159 Å². The summed E-state index contributed by atoms with van der Waals surface area (Å²) in [5, 5.41) is 10.1. The van der Waals surface area contributed by atoms with Gasteiger partial charge in [0, 0.05) is 18.9 Å². The molecule has 1 heterocycles. The number of carbonyl (C=O) groups excluding carboxylic acids is 5. The predicted octanol–water partition coefficient (Wildman–Crippen LogP) is 0.682. The van der Waals surface area contributed by atoms with Crippen molar-refractivity contribution in [1.82, 2.24) is 31.2 Å². The van der Waals surface area contributed by atoms with Crippen molar-refractivity contribution in [2.75, 3.05) is 0 Å². The van der Waals surface area contributed by atoms with Crippen LogP contribution in [0.1, 0.15) is 43.7 Å². The summed E-state index contributed by atoms with van der Waals surface area (Å²) in [4.78, 5) is 70.9. The maximum atomic E-state index is 12.8. The Kier molecular flexibility index (Phi) is 10.6. The number of rotatable bonds is 12. The molecule has 0 bridgehead atoms. The van der Waals surface area contributed by atoms with Crippen molar-refractivity contribution < 1.29 is 24.0 Å². The lowest BCUT2D eigenvalue weighted by molar-refractivity contribution is -0.141. The minimum atomic E-state index is -1.14. The molecule has 4 N–H and O–H groups in total. The summed E-state index contributed by atoms with van der Waals surface area (Å²) in [7, 11) is 0. The van der Waals surface area contributed by atoms with E-state index in [1.165, 1.54) is 25.5 Å². The molecule has 0 saturated heterocycles. The van der Waals surface area contributed by atoms with E-state index in [0.717, 1.165) is 5.56 Å². The summed E-state index contributed by atoms with van der Waals surface area (Å²) in [5.41, 5.74) is 1.16. The molecule has 0 radical (unpaired) electrons. The van der Waals surface area contributed by atoms with Crippen molar-refractivity contribution in [3.63, 3.8) is 0 Å². The molecule has 1 aromatic heterocycles. The number of amides is 4. The van der Waals surface area contributed by atoms with Crippen LogP contribution in [0.5, 0.6) is 0 Å². The number of Topliss-reactive ketones (excluding diaryl/α,β-unsaturated/α-hetero) is 1.